The van der Waals surface area contributed by atoms with Crippen LogP contribution in [0.3, 0.4) is 0 Å². The van der Waals surface area contributed by atoms with Gasteiger partial charge in [-0.3, -0.25) is 0 Å². The molecule has 0 amide bonds. The van der Waals surface area contributed by atoms with E-state index in [2.05, 4.69) is 6.58 Å². The van der Waals surface area contributed by atoms with Gasteiger partial charge in [0.05, 0.1) is 0 Å². The van der Waals surface area contributed by atoms with Crippen molar-refractivity contribution in [3.05, 3.63) is 12.1 Å². The Morgan fingerprint density at radius 3 is 1.75 bits per heavy atom. The molecule has 0 aromatic heterocycles. The van der Waals surface area contributed by atoms with Crippen molar-refractivity contribution in [2.24, 2.45) is 0 Å². The predicted molar refractivity (Wildman–Crippen MR) is 16.1 cm³/mol. The van der Waals surface area contributed by atoms with E-state index < -0.39 is 0 Å². The van der Waals surface area contributed by atoms with Gasteiger partial charge in [0, 0.05) is 49.4 Å². The summed E-state index contributed by atoms with van der Waals surface area (Å²) in [7, 11) is 0. The molecule has 0 N–H and O–H groups in total. The van der Waals surface area contributed by atoms with Crippen LogP contribution in [0.1, 0.15) is 0 Å². The first kappa shape index (κ1) is 9.15. The van der Waals surface area contributed by atoms with Gasteiger partial charge in [-0.1, -0.05) is 18.2 Å². The second-order valence-electron chi connectivity index (χ2n) is 0.154. The molecule has 0 aromatic carbocycles. The third-order valence-electron chi connectivity index (χ3n) is 0. The summed E-state index contributed by atoms with van der Waals surface area (Å²) in [5, 5.41) is 0. The molecule has 0 saturated carbocycles. The van der Waals surface area contributed by atoms with Crippen LogP contribution in [0.25, 0.3) is 0 Å². The molecule has 0 saturated heterocycles. The molecule has 0 unspecified atom stereocenters. The summed E-state index contributed by atoms with van der Waals surface area (Å²) >= 11 is 4.76. The van der Waals surface area contributed by atoms with Crippen molar-refractivity contribution in [1.29, 1.82) is 0 Å². The van der Waals surface area contributed by atoms with E-state index in [-0.39, 0.29) is 49.4 Å². The van der Waals surface area contributed by atoms with Crippen molar-refractivity contribution in [3.63, 3.8) is 0 Å². The molecule has 0 heterocycles. The Balaban J connectivity index is 0. The van der Waals surface area contributed by atoms with Gasteiger partial charge < -0.3 is 0 Å². The van der Waals surface area contributed by atoms with Crippen LogP contribution in [0.15, 0.2) is 12.1 Å². The average Bonchev–Trinajstić information content (AvgIpc) is 0.918. The van der Waals surface area contributed by atoms with Gasteiger partial charge in [0.1, 0.15) is 0 Å². The van der Waals surface area contributed by atoms with E-state index in [1.54, 1.807) is 0 Å². The van der Waals surface area contributed by atoms with Crippen LogP contribution in [0, 0.1) is 49.4 Å². The van der Waals surface area contributed by atoms with Crippen LogP contribution in [0.4, 0.5) is 0 Å². The summed E-state index contributed by atoms with van der Waals surface area (Å²) in [6.07, 6.45) is 0. The molecule has 0 aliphatic heterocycles. The zero-order valence-corrected chi connectivity index (χ0v) is 5.22. The molecule has 0 aliphatic rings. The Morgan fingerprint density at radius 1 is 1.75 bits per heavy atom. The summed E-state index contributed by atoms with van der Waals surface area (Å²) in [6.45, 7) is 3.13. The summed E-state index contributed by atoms with van der Waals surface area (Å²) in [5.74, 6) is 0. The summed E-state index contributed by atoms with van der Waals surface area (Å²) < 4.78 is 0. The second-order valence-corrected chi connectivity index (χ2v) is 0.463. The standard InChI is InChI=1S/C2H3Cl.Eu/c1-2-3;/h2H,1H2;. The molecule has 0 aliphatic carbocycles. The summed E-state index contributed by atoms with van der Waals surface area (Å²) in [4.78, 5) is 0. The molecule has 2 heteroatoms. The molecule has 4 heavy (non-hydrogen) atoms. The van der Waals surface area contributed by atoms with Gasteiger partial charge in [0.2, 0.25) is 0 Å². The van der Waals surface area contributed by atoms with E-state index in [0.29, 0.717) is 0 Å². The van der Waals surface area contributed by atoms with Gasteiger partial charge in [-0.25, -0.2) is 0 Å². The zero-order chi connectivity index (χ0) is 2.71. The molecular formula is C2H3ClEu. The molecule has 0 bridgehead atoms. The van der Waals surface area contributed by atoms with E-state index in [9.17, 15) is 0 Å². The molecule has 0 nitrogen and oxygen atoms in total. The molecule has 0 spiro atoms. The van der Waals surface area contributed by atoms with Crippen LogP contribution >= 0.6 is 11.6 Å². The fraction of sp³-hybridized carbons (Fsp3) is 0. The van der Waals surface area contributed by atoms with E-state index in [1.807, 2.05) is 0 Å². The van der Waals surface area contributed by atoms with Crippen molar-refractivity contribution >= 4 is 11.6 Å². The maximum Gasteiger partial charge on any atom is 0 e. The first-order chi connectivity index (χ1) is 1.41. The fourth-order valence-corrected chi connectivity index (χ4v) is 0. The van der Waals surface area contributed by atoms with E-state index >= 15 is 0 Å². The Hall–Kier alpha value is 1.61. The molecule has 0 aromatic rings. The minimum atomic E-state index is 0. The maximum absolute atomic E-state index is 4.76. The van der Waals surface area contributed by atoms with Crippen LogP contribution in [0.5, 0.6) is 0 Å². The van der Waals surface area contributed by atoms with Gasteiger partial charge in [0.15, 0.2) is 0 Å². The molecular weight excluding hydrogens is 211 g/mol. The molecule has 0 fully saturated rings. The van der Waals surface area contributed by atoms with Gasteiger partial charge in [-0.05, 0) is 5.54 Å². The van der Waals surface area contributed by atoms with Crippen molar-refractivity contribution in [1.82, 2.24) is 0 Å². The number of hydrogen-bond acceptors (Lipinski definition) is 0. The third kappa shape index (κ3) is 9.48. The van der Waals surface area contributed by atoms with E-state index in [0.717, 1.165) is 0 Å². The summed E-state index contributed by atoms with van der Waals surface area (Å²) in [6, 6.07) is 0. The fourth-order valence-electron chi connectivity index (χ4n) is 0. The third-order valence-corrected chi connectivity index (χ3v) is 0. The Morgan fingerprint density at radius 2 is 1.75 bits per heavy atom. The molecule has 1 radical (unpaired) electrons. The van der Waals surface area contributed by atoms with Gasteiger partial charge in [-0.15, -0.1) is 0 Å². The average molecular weight is 214 g/mol. The van der Waals surface area contributed by atoms with Crippen LogP contribution in [0.2, 0.25) is 0 Å². The van der Waals surface area contributed by atoms with Crippen molar-refractivity contribution in [2.75, 3.05) is 0 Å². The monoisotopic (exact) mass is 215 g/mol. The maximum atomic E-state index is 4.76. The normalized spacial score (nSPS) is 3.25. The zero-order valence-electron chi connectivity index (χ0n) is 2.04. The minimum Gasteiger partial charge on any atom is -0.0936 e. The van der Waals surface area contributed by atoms with Crippen molar-refractivity contribution < 1.29 is 49.4 Å². The Bertz CT molecular complexity index is 13.5. The van der Waals surface area contributed by atoms with Gasteiger partial charge in [-0.2, -0.15) is 0 Å². The van der Waals surface area contributed by atoms with Gasteiger partial charge in [0.25, 0.3) is 0 Å². The van der Waals surface area contributed by atoms with Crippen molar-refractivity contribution in [2.45, 2.75) is 0 Å². The number of halogens is 1. The van der Waals surface area contributed by atoms with Crippen LogP contribution in [-0.2, 0) is 0 Å². The Kier molecular flexibility index (Phi) is 20.2. The largest absolute Gasteiger partial charge is 0.0936 e. The van der Waals surface area contributed by atoms with Crippen molar-refractivity contribution in [3.8, 4) is 0 Å². The number of hydrogen-bond donors (Lipinski definition) is 0. The predicted octanol–water partition coefficient (Wildman–Crippen LogP) is 1.37. The van der Waals surface area contributed by atoms with E-state index in [1.165, 1.54) is 5.54 Å². The second kappa shape index (κ2) is 8.82. The Labute approximate surface area is 71.8 Å². The van der Waals surface area contributed by atoms with Gasteiger partial charge >= 0.3 is 0 Å². The first-order valence-corrected chi connectivity index (χ1v) is 1.06. The molecule has 0 rings (SSSR count). The number of rotatable bonds is 0. The first-order valence-electron chi connectivity index (χ1n) is 0.626. The molecule has 0 atom stereocenters. The van der Waals surface area contributed by atoms with E-state index in [4.69, 9.17) is 11.6 Å². The molecule has 25 valence electrons. The smallest absolute Gasteiger partial charge is 0 e. The van der Waals surface area contributed by atoms with Crippen LogP contribution in [-0.4, -0.2) is 0 Å². The quantitative estimate of drug-likeness (QED) is 0.571. The SMILES string of the molecule is C=CCl.[Eu]. The minimum absolute atomic E-state index is 0. The summed E-state index contributed by atoms with van der Waals surface area (Å²) in [5.41, 5.74) is 1.22. The van der Waals surface area contributed by atoms with Crippen LogP contribution < -0.4 is 0 Å². The topological polar surface area (TPSA) is 0 Å².